The van der Waals surface area contributed by atoms with Gasteiger partial charge >= 0.3 is 5.97 Å². The maximum atomic E-state index is 12.6. The number of benzene rings is 1. The number of nitrogens with zero attached hydrogens (tertiary/aromatic N) is 1. The molecule has 0 aliphatic heterocycles. The maximum absolute atomic E-state index is 12.6. The molecule has 0 radical (unpaired) electrons. The lowest BCUT2D eigenvalue weighted by molar-refractivity contribution is -0.885. The van der Waals surface area contributed by atoms with E-state index in [1.54, 1.807) is 6.92 Å². The van der Waals surface area contributed by atoms with Gasteiger partial charge in [0.1, 0.15) is 11.5 Å². The molecule has 0 spiro atoms. The van der Waals surface area contributed by atoms with Crippen molar-refractivity contribution in [3.63, 3.8) is 0 Å². The van der Waals surface area contributed by atoms with Crippen LogP contribution in [0.2, 0.25) is 0 Å². The summed E-state index contributed by atoms with van der Waals surface area (Å²) in [5.41, 5.74) is 3.90. The molecule has 1 aliphatic rings. The number of quaternary nitrogens is 1. The molecule has 1 fully saturated rings. The van der Waals surface area contributed by atoms with Crippen LogP contribution in [0, 0.1) is 0 Å². The van der Waals surface area contributed by atoms with Crippen LogP contribution in [0.3, 0.4) is 0 Å². The van der Waals surface area contributed by atoms with E-state index in [2.05, 4.69) is 34.5 Å². The second kappa shape index (κ2) is 9.41. The molecule has 1 aromatic heterocycles. The average Bonchev–Trinajstić information content (AvgIpc) is 3.42. The van der Waals surface area contributed by atoms with Crippen molar-refractivity contribution in [3.05, 3.63) is 46.3 Å². The highest BCUT2D eigenvalue weighted by Gasteiger charge is 2.32. The number of nitrogens with one attached hydrogen (secondary N) is 2. The Morgan fingerprint density at radius 2 is 1.93 bits per heavy atom. The zero-order valence-corrected chi connectivity index (χ0v) is 18.4. The van der Waals surface area contributed by atoms with Gasteiger partial charge in [0.05, 0.1) is 19.2 Å². The minimum absolute atomic E-state index is 0.0952. The largest absolute Gasteiger partial charge is 0.462 e. The van der Waals surface area contributed by atoms with Gasteiger partial charge in [0.2, 0.25) is 0 Å². The molecule has 3 rings (SSSR count). The Hall–Kier alpha value is -2.38. The number of rotatable bonds is 9. The minimum Gasteiger partial charge on any atom is -0.462 e. The number of likely N-dealkylation sites (N-methyl/N-ethyl adjacent to an activating group) is 1. The third-order valence-corrected chi connectivity index (χ3v) is 5.90. The van der Waals surface area contributed by atoms with Gasteiger partial charge in [-0.1, -0.05) is 12.1 Å². The number of ether oxygens (including phenoxy) is 1. The van der Waals surface area contributed by atoms with Crippen LogP contribution in [0.1, 0.15) is 47.2 Å². The molecule has 6 nitrogen and oxygen atoms in total. The zero-order valence-electron chi connectivity index (χ0n) is 17.6. The van der Waals surface area contributed by atoms with E-state index in [1.807, 2.05) is 26.5 Å². The predicted octanol–water partition coefficient (Wildman–Crippen LogP) is 2.52. The number of hydrogen-bond donors (Lipinski definition) is 2. The van der Waals surface area contributed by atoms with E-state index < -0.39 is 0 Å². The number of thiophene rings is 1. The first-order chi connectivity index (χ1) is 13.9. The molecule has 1 aromatic carbocycles. The molecular formula is C22H30N3O3S+. The summed E-state index contributed by atoms with van der Waals surface area (Å²) in [5.74, 6) is -0.00969. The molecule has 2 aromatic rings. The Bertz CT molecular complexity index is 857. The maximum Gasteiger partial charge on any atom is 0.341 e. The number of anilines is 2. The van der Waals surface area contributed by atoms with E-state index in [-0.39, 0.29) is 11.9 Å². The quantitative estimate of drug-likeness (QED) is 0.617. The number of carbonyl (C=O) groups excluding carboxylic acids is 2. The second-order valence-electron chi connectivity index (χ2n) is 7.81. The third kappa shape index (κ3) is 5.58. The van der Waals surface area contributed by atoms with Crippen molar-refractivity contribution in [1.82, 2.24) is 0 Å². The fourth-order valence-corrected chi connectivity index (χ4v) is 4.39. The Balaban J connectivity index is 1.60. The summed E-state index contributed by atoms with van der Waals surface area (Å²) >= 11 is 1.42. The van der Waals surface area contributed by atoms with Crippen molar-refractivity contribution in [1.29, 1.82) is 0 Å². The summed E-state index contributed by atoms with van der Waals surface area (Å²) < 4.78 is 5.22. The molecule has 1 amide bonds. The molecule has 1 saturated carbocycles. The Labute approximate surface area is 176 Å². The summed E-state index contributed by atoms with van der Waals surface area (Å²) in [6.45, 7) is 3.20. The molecule has 0 bridgehead atoms. The average molecular weight is 417 g/mol. The minimum atomic E-state index is -0.340. The van der Waals surface area contributed by atoms with Crippen LogP contribution in [0.4, 0.5) is 10.7 Å². The molecule has 156 valence electrons. The zero-order chi connectivity index (χ0) is 21.0. The topological polar surface area (TPSA) is 63.1 Å². The van der Waals surface area contributed by atoms with Gasteiger partial charge in [0.15, 0.2) is 6.54 Å². The van der Waals surface area contributed by atoms with Gasteiger partial charge in [0.25, 0.3) is 5.91 Å². The van der Waals surface area contributed by atoms with E-state index in [1.165, 1.54) is 16.9 Å². The van der Waals surface area contributed by atoms with Gasteiger partial charge < -0.3 is 19.9 Å². The van der Waals surface area contributed by atoms with Gasteiger partial charge in [-0.25, -0.2) is 4.79 Å². The van der Waals surface area contributed by atoms with Gasteiger partial charge in [-0.15, -0.1) is 11.3 Å². The molecule has 2 N–H and O–H groups in total. The Morgan fingerprint density at radius 1 is 1.24 bits per heavy atom. The normalized spacial score (nSPS) is 14.3. The van der Waals surface area contributed by atoms with Crippen LogP contribution in [-0.4, -0.2) is 46.2 Å². The standard InChI is InChI=1S/C22H29N3O3S/c1-5-28-22(27)20-18(16-8-9-16)14-29-21(20)23-19(26)13-25(4)12-15-6-10-17(11-7-15)24(2)3/h6-7,10-11,14,16H,5,8-9,12-13H2,1-4H3,(H,23,26)/p+1. The fourth-order valence-electron chi connectivity index (χ4n) is 3.34. The molecule has 1 heterocycles. The lowest BCUT2D eigenvalue weighted by Gasteiger charge is -2.16. The fraction of sp³-hybridized carbons (Fsp3) is 0.455. The molecule has 1 atom stereocenters. The van der Waals surface area contributed by atoms with Crippen molar-refractivity contribution in [2.45, 2.75) is 32.2 Å². The van der Waals surface area contributed by atoms with E-state index in [4.69, 9.17) is 4.74 Å². The van der Waals surface area contributed by atoms with Crippen molar-refractivity contribution < 1.29 is 19.2 Å². The molecule has 1 aliphatic carbocycles. The number of carbonyl (C=O) groups is 2. The number of hydrogen-bond acceptors (Lipinski definition) is 5. The van der Waals surface area contributed by atoms with Crippen LogP contribution in [0.25, 0.3) is 0 Å². The summed E-state index contributed by atoms with van der Waals surface area (Å²) in [5, 5.41) is 5.54. The summed E-state index contributed by atoms with van der Waals surface area (Å²) in [6.07, 6.45) is 2.19. The third-order valence-electron chi connectivity index (χ3n) is 4.99. The van der Waals surface area contributed by atoms with Gasteiger partial charge in [-0.3, -0.25) is 4.79 Å². The first-order valence-corrected chi connectivity index (χ1v) is 10.9. The van der Waals surface area contributed by atoms with Crippen LogP contribution in [-0.2, 0) is 16.1 Å². The highest BCUT2D eigenvalue weighted by atomic mass is 32.1. The second-order valence-corrected chi connectivity index (χ2v) is 8.69. The highest BCUT2D eigenvalue weighted by molar-refractivity contribution is 7.15. The number of esters is 1. The lowest BCUT2D eigenvalue weighted by Crippen LogP contribution is -3.08. The molecule has 7 heteroatoms. The van der Waals surface area contributed by atoms with E-state index in [0.29, 0.717) is 29.6 Å². The van der Waals surface area contributed by atoms with Crippen molar-refractivity contribution in [2.75, 3.05) is 44.5 Å². The Morgan fingerprint density at radius 3 is 2.52 bits per heavy atom. The highest BCUT2D eigenvalue weighted by Crippen LogP contribution is 2.46. The van der Waals surface area contributed by atoms with Crippen LogP contribution in [0.5, 0.6) is 0 Å². The van der Waals surface area contributed by atoms with E-state index in [9.17, 15) is 9.59 Å². The van der Waals surface area contributed by atoms with Crippen LogP contribution < -0.4 is 15.1 Å². The monoisotopic (exact) mass is 416 g/mol. The van der Waals surface area contributed by atoms with Gasteiger partial charge in [-0.05, 0) is 48.8 Å². The summed E-state index contributed by atoms with van der Waals surface area (Å²) in [7, 11) is 6.02. The van der Waals surface area contributed by atoms with Crippen molar-refractivity contribution >= 4 is 33.9 Å². The van der Waals surface area contributed by atoms with Crippen LogP contribution in [0.15, 0.2) is 29.6 Å². The smallest absolute Gasteiger partial charge is 0.341 e. The Kier molecular flexibility index (Phi) is 6.92. The SMILES string of the molecule is CCOC(=O)c1c(C2CC2)csc1NC(=O)C[NH+](C)Cc1ccc(N(C)C)cc1. The molecule has 1 unspecified atom stereocenters. The van der Waals surface area contributed by atoms with Gasteiger partial charge in [-0.2, -0.15) is 0 Å². The molecular weight excluding hydrogens is 386 g/mol. The summed E-state index contributed by atoms with van der Waals surface area (Å²) in [4.78, 5) is 28.2. The predicted molar refractivity (Wildman–Crippen MR) is 117 cm³/mol. The van der Waals surface area contributed by atoms with E-state index >= 15 is 0 Å². The van der Waals surface area contributed by atoms with Crippen molar-refractivity contribution in [3.8, 4) is 0 Å². The van der Waals surface area contributed by atoms with Gasteiger partial charge in [0, 0.05) is 25.3 Å². The van der Waals surface area contributed by atoms with Crippen molar-refractivity contribution in [2.24, 2.45) is 0 Å². The first kappa shape index (κ1) is 21.3. The molecule has 0 saturated heterocycles. The first-order valence-electron chi connectivity index (χ1n) is 10.0. The molecule has 29 heavy (non-hydrogen) atoms. The van der Waals surface area contributed by atoms with Crippen LogP contribution >= 0.6 is 11.3 Å². The summed E-state index contributed by atoms with van der Waals surface area (Å²) in [6, 6.07) is 8.35. The number of amides is 1. The lowest BCUT2D eigenvalue weighted by atomic mass is 10.1. The van der Waals surface area contributed by atoms with E-state index in [0.717, 1.165) is 35.5 Å².